The van der Waals surface area contributed by atoms with Gasteiger partial charge in [0.15, 0.2) is 11.6 Å². The number of aromatic nitrogens is 2. The standard InChI is InChI=1S/C21H15F3N4O5/c22-21(23,24)13-7-5-12(17(9-13)28(31)32)6-8-19(30)33-11-18(29)14(10-25)20-26-15-3-1-2-4-16(15)27-20/h1-5,7,9,29H,6,8,11H2,(H,26,27). The highest BCUT2D eigenvalue weighted by Gasteiger charge is 2.33. The summed E-state index contributed by atoms with van der Waals surface area (Å²) in [4.78, 5) is 29.2. The number of carbonyl (C=O) groups excluding carboxylic acids is 1. The first-order chi connectivity index (χ1) is 15.6. The normalized spacial score (nSPS) is 12.2. The van der Waals surface area contributed by atoms with Crippen LogP contribution in [-0.4, -0.2) is 32.6 Å². The monoisotopic (exact) mass is 460 g/mol. The van der Waals surface area contributed by atoms with Gasteiger partial charge in [-0.05, 0) is 24.6 Å². The number of aliphatic hydroxyl groups excluding tert-OH is 1. The Morgan fingerprint density at radius 3 is 2.64 bits per heavy atom. The Morgan fingerprint density at radius 1 is 1.27 bits per heavy atom. The first kappa shape index (κ1) is 23.3. The summed E-state index contributed by atoms with van der Waals surface area (Å²) in [6, 6.07) is 10.7. The number of ether oxygens (including phenoxy) is 1. The van der Waals surface area contributed by atoms with Gasteiger partial charge in [-0.1, -0.05) is 18.2 Å². The van der Waals surface area contributed by atoms with Crippen LogP contribution in [0.2, 0.25) is 0 Å². The van der Waals surface area contributed by atoms with Crippen LogP contribution in [-0.2, 0) is 22.1 Å². The van der Waals surface area contributed by atoms with Crippen LogP contribution in [0.4, 0.5) is 18.9 Å². The third-order valence-electron chi connectivity index (χ3n) is 4.60. The Morgan fingerprint density at radius 2 is 2.00 bits per heavy atom. The first-order valence-electron chi connectivity index (χ1n) is 9.37. The van der Waals surface area contributed by atoms with Crippen molar-refractivity contribution in [3.8, 4) is 6.07 Å². The van der Waals surface area contributed by atoms with Crippen molar-refractivity contribution >= 4 is 28.3 Å². The molecule has 9 nitrogen and oxygen atoms in total. The fourth-order valence-corrected chi connectivity index (χ4v) is 2.98. The number of aryl methyl sites for hydroxylation is 1. The number of nitriles is 1. The van der Waals surface area contributed by atoms with E-state index in [1.165, 1.54) is 0 Å². The molecule has 2 aromatic carbocycles. The van der Waals surface area contributed by atoms with Crippen LogP contribution < -0.4 is 0 Å². The van der Waals surface area contributed by atoms with Crippen molar-refractivity contribution in [1.29, 1.82) is 5.26 Å². The van der Waals surface area contributed by atoms with Gasteiger partial charge in [0.1, 0.15) is 18.2 Å². The van der Waals surface area contributed by atoms with Gasteiger partial charge in [0.25, 0.3) is 5.69 Å². The molecule has 3 aromatic rings. The van der Waals surface area contributed by atoms with Gasteiger partial charge in [-0.2, -0.15) is 18.4 Å². The minimum atomic E-state index is -4.75. The second-order valence-corrected chi connectivity index (χ2v) is 6.80. The lowest BCUT2D eigenvalue weighted by Gasteiger charge is -2.09. The summed E-state index contributed by atoms with van der Waals surface area (Å²) in [5, 5.41) is 30.6. The average Bonchev–Trinajstić information content (AvgIpc) is 3.19. The predicted octanol–water partition coefficient (Wildman–Crippen LogP) is 4.46. The van der Waals surface area contributed by atoms with E-state index in [4.69, 9.17) is 4.74 Å². The third-order valence-corrected chi connectivity index (χ3v) is 4.60. The smallest absolute Gasteiger partial charge is 0.416 e. The summed E-state index contributed by atoms with van der Waals surface area (Å²) < 4.78 is 43.2. The molecule has 0 saturated heterocycles. The van der Waals surface area contributed by atoms with Gasteiger partial charge in [0.05, 0.1) is 21.5 Å². The average molecular weight is 460 g/mol. The van der Waals surface area contributed by atoms with E-state index < -0.39 is 47.1 Å². The van der Waals surface area contributed by atoms with E-state index >= 15 is 0 Å². The van der Waals surface area contributed by atoms with Crippen LogP contribution in [0.1, 0.15) is 23.4 Å². The summed E-state index contributed by atoms with van der Waals surface area (Å²) in [5.41, 5.74) is -1.07. The number of alkyl halides is 3. The van der Waals surface area contributed by atoms with Crippen molar-refractivity contribution in [2.45, 2.75) is 19.0 Å². The molecule has 0 bridgehead atoms. The second kappa shape index (κ2) is 9.39. The molecule has 170 valence electrons. The number of para-hydroxylation sites is 2. The SMILES string of the molecule is N#CC(=C(O)COC(=O)CCc1ccc(C(F)(F)F)cc1[N+](=O)[O-])c1nc2ccccc2[nH]1. The lowest BCUT2D eigenvalue weighted by Crippen LogP contribution is -2.11. The number of nitrogens with one attached hydrogen (secondary N) is 1. The summed E-state index contributed by atoms with van der Waals surface area (Å²) in [6.45, 7) is -0.659. The zero-order valence-electron chi connectivity index (χ0n) is 16.7. The molecule has 33 heavy (non-hydrogen) atoms. The van der Waals surface area contributed by atoms with Crippen molar-refractivity contribution < 1.29 is 32.7 Å². The van der Waals surface area contributed by atoms with Crippen LogP contribution in [0, 0.1) is 21.4 Å². The Bertz CT molecular complexity index is 1260. The van der Waals surface area contributed by atoms with Gasteiger partial charge in [-0.25, -0.2) is 4.98 Å². The molecule has 0 aliphatic heterocycles. The number of nitrogens with zero attached hydrogens (tertiary/aromatic N) is 3. The molecule has 1 heterocycles. The number of aliphatic hydroxyl groups is 1. The number of hydrogen-bond donors (Lipinski definition) is 2. The summed E-state index contributed by atoms with van der Waals surface area (Å²) in [6.07, 6.45) is -5.40. The Balaban J connectivity index is 1.66. The van der Waals surface area contributed by atoms with E-state index in [-0.39, 0.29) is 23.4 Å². The minimum Gasteiger partial charge on any atom is -0.507 e. The zero-order valence-corrected chi connectivity index (χ0v) is 16.7. The van der Waals surface area contributed by atoms with E-state index in [9.17, 15) is 38.4 Å². The highest BCUT2D eigenvalue weighted by atomic mass is 19.4. The number of rotatable bonds is 7. The maximum atomic E-state index is 12.8. The molecule has 0 radical (unpaired) electrons. The molecule has 0 unspecified atom stereocenters. The van der Waals surface area contributed by atoms with Crippen molar-refractivity contribution in [2.75, 3.05) is 6.61 Å². The van der Waals surface area contributed by atoms with Gasteiger partial charge >= 0.3 is 12.1 Å². The Kier molecular flexibility index (Phi) is 6.62. The van der Waals surface area contributed by atoms with Crippen LogP contribution in [0.3, 0.4) is 0 Å². The van der Waals surface area contributed by atoms with Gasteiger partial charge in [-0.3, -0.25) is 14.9 Å². The number of nitro benzene ring substituents is 1. The van der Waals surface area contributed by atoms with Crippen molar-refractivity contribution in [1.82, 2.24) is 9.97 Å². The van der Waals surface area contributed by atoms with Crippen molar-refractivity contribution in [2.24, 2.45) is 0 Å². The van der Waals surface area contributed by atoms with E-state index in [2.05, 4.69) is 9.97 Å². The fourth-order valence-electron chi connectivity index (χ4n) is 2.98. The largest absolute Gasteiger partial charge is 0.507 e. The number of halogens is 3. The highest BCUT2D eigenvalue weighted by Crippen LogP contribution is 2.33. The summed E-state index contributed by atoms with van der Waals surface area (Å²) >= 11 is 0. The van der Waals surface area contributed by atoms with Gasteiger partial charge < -0.3 is 14.8 Å². The maximum Gasteiger partial charge on any atom is 0.416 e. The van der Waals surface area contributed by atoms with Crippen LogP contribution in [0.15, 0.2) is 48.2 Å². The number of aromatic amines is 1. The fraction of sp³-hybridized carbons (Fsp3) is 0.190. The highest BCUT2D eigenvalue weighted by molar-refractivity contribution is 5.83. The van der Waals surface area contributed by atoms with Crippen LogP contribution >= 0.6 is 0 Å². The molecule has 12 heteroatoms. The molecular weight excluding hydrogens is 445 g/mol. The molecule has 3 rings (SSSR count). The number of imidazole rings is 1. The lowest BCUT2D eigenvalue weighted by atomic mass is 10.0. The third kappa shape index (κ3) is 5.45. The number of hydrogen-bond acceptors (Lipinski definition) is 7. The van der Waals surface area contributed by atoms with Crippen LogP contribution in [0.25, 0.3) is 16.6 Å². The number of esters is 1. The molecule has 0 atom stereocenters. The molecule has 1 aromatic heterocycles. The predicted molar refractivity (Wildman–Crippen MR) is 109 cm³/mol. The molecule has 0 fully saturated rings. The summed E-state index contributed by atoms with van der Waals surface area (Å²) in [7, 11) is 0. The van der Waals surface area contributed by atoms with Gasteiger partial charge in [0.2, 0.25) is 0 Å². The molecule has 0 amide bonds. The van der Waals surface area contributed by atoms with E-state index in [0.29, 0.717) is 23.2 Å². The number of H-pyrrole nitrogens is 1. The second-order valence-electron chi connectivity index (χ2n) is 6.80. The number of carbonyl (C=O) groups is 1. The van der Waals surface area contributed by atoms with E-state index in [1.807, 2.05) is 0 Å². The number of nitro groups is 1. The maximum absolute atomic E-state index is 12.8. The van der Waals surface area contributed by atoms with Gasteiger partial charge in [0, 0.05) is 18.1 Å². The van der Waals surface area contributed by atoms with Crippen molar-refractivity contribution in [3.63, 3.8) is 0 Å². The quantitative estimate of drug-likeness (QED) is 0.174. The minimum absolute atomic E-state index is 0.0765. The number of benzene rings is 2. The Hall–Kier alpha value is -4.40. The molecule has 2 N–H and O–H groups in total. The summed E-state index contributed by atoms with van der Waals surface area (Å²) in [5.74, 6) is -1.37. The van der Waals surface area contributed by atoms with Crippen molar-refractivity contribution in [3.05, 3.63) is 75.3 Å². The molecule has 0 spiro atoms. The zero-order chi connectivity index (χ0) is 24.2. The van der Waals surface area contributed by atoms with E-state index in [0.717, 1.165) is 6.07 Å². The Labute approximate surface area is 183 Å². The molecule has 0 saturated carbocycles. The number of allylic oxidation sites excluding steroid dienone is 1. The molecular formula is C21H15F3N4O5. The topological polar surface area (TPSA) is 142 Å². The number of fused-ring (bicyclic) bond motifs is 1. The molecule has 0 aliphatic rings. The van der Waals surface area contributed by atoms with Crippen LogP contribution in [0.5, 0.6) is 0 Å². The lowest BCUT2D eigenvalue weighted by molar-refractivity contribution is -0.385. The van der Waals surface area contributed by atoms with Gasteiger partial charge in [-0.15, -0.1) is 0 Å². The first-order valence-corrected chi connectivity index (χ1v) is 9.37. The molecule has 0 aliphatic carbocycles. The van der Waals surface area contributed by atoms with E-state index in [1.54, 1.807) is 30.3 Å².